The summed E-state index contributed by atoms with van der Waals surface area (Å²) < 4.78 is 0. The number of fused-ring (bicyclic) bond motifs is 2. The van der Waals surface area contributed by atoms with Gasteiger partial charge in [0.1, 0.15) is 0 Å². The lowest BCUT2D eigenvalue weighted by molar-refractivity contribution is 0.104. The first kappa shape index (κ1) is 16.0. The highest BCUT2D eigenvalue weighted by Gasteiger charge is 2.02. The predicted molar refractivity (Wildman–Crippen MR) is 110 cm³/mol. The van der Waals surface area contributed by atoms with E-state index < -0.39 is 0 Å². The third kappa shape index (κ3) is 3.47. The lowest BCUT2D eigenvalue weighted by atomic mass is 10.0. The second-order valence-corrected chi connectivity index (χ2v) is 6.25. The molecule has 26 heavy (non-hydrogen) atoms. The number of hydrogen-bond donors (Lipinski definition) is 0. The van der Waals surface area contributed by atoms with Crippen LogP contribution in [0.2, 0.25) is 0 Å². The molecular weight excluding hydrogens is 316 g/mol. The van der Waals surface area contributed by atoms with E-state index in [1.54, 1.807) is 12.2 Å². The molecule has 1 heteroatoms. The SMILES string of the molecule is O=C(/C=C/C=C/c1ccc2ccccc2c1)c1ccc2ccccc2c1. The Labute approximate surface area is 152 Å². The van der Waals surface area contributed by atoms with E-state index in [0.29, 0.717) is 5.56 Å². The number of allylic oxidation sites excluding steroid dienone is 3. The molecule has 0 radical (unpaired) electrons. The summed E-state index contributed by atoms with van der Waals surface area (Å²) in [6.45, 7) is 0. The molecule has 124 valence electrons. The molecule has 0 aliphatic rings. The van der Waals surface area contributed by atoms with E-state index in [2.05, 4.69) is 30.3 Å². The number of carbonyl (C=O) groups excluding carboxylic acids is 1. The second-order valence-electron chi connectivity index (χ2n) is 6.25. The third-order valence-electron chi connectivity index (χ3n) is 4.45. The largest absolute Gasteiger partial charge is 0.289 e. The van der Waals surface area contributed by atoms with Crippen LogP contribution in [0.5, 0.6) is 0 Å². The van der Waals surface area contributed by atoms with Crippen LogP contribution in [0.1, 0.15) is 15.9 Å². The monoisotopic (exact) mass is 334 g/mol. The minimum Gasteiger partial charge on any atom is -0.289 e. The molecule has 0 unspecified atom stereocenters. The molecule has 0 bridgehead atoms. The summed E-state index contributed by atoms with van der Waals surface area (Å²) in [6, 6.07) is 28.5. The van der Waals surface area contributed by atoms with Gasteiger partial charge in [0.2, 0.25) is 0 Å². The molecule has 0 amide bonds. The average Bonchev–Trinajstić information content (AvgIpc) is 2.70. The van der Waals surface area contributed by atoms with Crippen molar-refractivity contribution < 1.29 is 4.79 Å². The highest BCUT2D eigenvalue weighted by molar-refractivity contribution is 6.06. The van der Waals surface area contributed by atoms with Crippen LogP contribution in [0.4, 0.5) is 0 Å². The zero-order chi connectivity index (χ0) is 17.8. The first-order valence-electron chi connectivity index (χ1n) is 8.66. The minimum atomic E-state index is 0.0129. The van der Waals surface area contributed by atoms with Crippen LogP contribution < -0.4 is 0 Å². The maximum absolute atomic E-state index is 12.4. The number of benzene rings is 4. The maximum atomic E-state index is 12.4. The van der Waals surface area contributed by atoms with E-state index >= 15 is 0 Å². The molecule has 0 saturated heterocycles. The minimum absolute atomic E-state index is 0.0129. The van der Waals surface area contributed by atoms with Gasteiger partial charge in [-0.25, -0.2) is 0 Å². The van der Waals surface area contributed by atoms with Crippen molar-refractivity contribution in [3.8, 4) is 0 Å². The summed E-state index contributed by atoms with van der Waals surface area (Å²) in [5.41, 5.74) is 1.82. The number of ketones is 1. The van der Waals surface area contributed by atoms with E-state index in [0.717, 1.165) is 16.3 Å². The van der Waals surface area contributed by atoms with Crippen molar-refractivity contribution in [3.05, 3.63) is 114 Å². The van der Waals surface area contributed by atoms with Crippen molar-refractivity contribution in [2.75, 3.05) is 0 Å². The first-order valence-corrected chi connectivity index (χ1v) is 8.66. The normalized spacial score (nSPS) is 11.7. The third-order valence-corrected chi connectivity index (χ3v) is 4.45. The van der Waals surface area contributed by atoms with Crippen LogP contribution in [0, 0.1) is 0 Å². The van der Waals surface area contributed by atoms with Gasteiger partial charge in [-0.05, 0) is 45.3 Å². The van der Waals surface area contributed by atoms with Crippen molar-refractivity contribution in [1.29, 1.82) is 0 Å². The molecule has 0 spiro atoms. The topological polar surface area (TPSA) is 17.1 Å². The Morgan fingerprint density at radius 2 is 1.23 bits per heavy atom. The van der Waals surface area contributed by atoms with Crippen LogP contribution in [0.3, 0.4) is 0 Å². The molecule has 4 aromatic rings. The molecule has 0 heterocycles. The van der Waals surface area contributed by atoms with Crippen LogP contribution >= 0.6 is 0 Å². The maximum Gasteiger partial charge on any atom is 0.185 e. The molecule has 0 N–H and O–H groups in total. The molecule has 1 nitrogen and oxygen atoms in total. The van der Waals surface area contributed by atoms with E-state index in [4.69, 9.17) is 0 Å². The molecule has 0 atom stereocenters. The van der Waals surface area contributed by atoms with Gasteiger partial charge in [-0.2, -0.15) is 0 Å². The Kier molecular flexibility index (Phi) is 4.44. The molecule has 0 saturated carbocycles. The number of rotatable bonds is 4. The molecule has 0 fully saturated rings. The van der Waals surface area contributed by atoms with Crippen LogP contribution in [-0.4, -0.2) is 5.78 Å². The van der Waals surface area contributed by atoms with Crippen molar-refractivity contribution >= 4 is 33.4 Å². The van der Waals surface area contributed by atoms with E-state index in [1.807, 2.05) is 66.7 Å². The van der Waals surface area contributed by atoms with Gasteiger partial charge in [0.25, 0.3) is 0 Å². The standard InChI is InChI=1S/C25H18O/c26-25(24-16-15-21-9-3-5-11-23(21)18-24)12-6-1-7-19-13-14-20-8-2-4-10-22(20)17-19/h1-18H/b7-1+,12-6+. The Bertz CT molecular complexity index is 1150. The van der Waals surface area contributed by atoms with Gasteiger partial charge in [-0.3, -0.25) is 4.79 Å². The Morgan fingerprint density at radius 3 is 1.96 bits per heavy atom. The van der Waals surface area contributed by atoms with Gasteiger partial charge in [0.15, 0.2) is 5.78 Å². The molecule has 0 aliphatic carbocycles. The fourth-order valence-electron chi connectivity index (χ4n) is 3.06. The lowest BCUT2D eigenvalue weighted by Crippen LogP contribution is -1.93. The Hall–Kier alpha value is -3.45. The summed E-state index contributed by atoms with van der Waals surface area (Å²) in [4.78, 5) is 12.4. The smallest absolute Gasteiger partial charge is 0.185 e. The van der Waals surface area contributed by atoms with E-state index in [-0.39, 0.29) is 5.78 Å². The average molecular weight is 334 g/mol. The molecule has 4 aromatic carbocycles. The summed E-state index contributed by atoms with van der Waals surface area (Å²) >= 11 is 0. The fraction of sp³-hybridized carbons (Fsp3) is 0. The number of hydrogen-bond acceptors (Lipinski definition) is 1. The lowest BCUT2D eigenvalue weighted by Gasteiger charge is -2.00. The first-order chi connectivity index (χ1) is 12.8. The van der Waals surface area contributed by atoms with Gasteiger partial charge in [-0.15, -0.1) is 0 Å². The zero-order valence-electron chi connectivity index (χ0n) is 14.3. The van der Waals surface area contributed by atoms with Gasteiger partial charge >= 0.3 is 0 Å². The summed E-state index contributed by atoms with van der Waals surface area (Å²) in [6.07, 6.45) is 7.33. The molecule has 4 rings (SSSR count). The van der Waals surface area contributed by atoms with Crippen LogP contribution in [-0.2, 0) is 0 Å². The van der Waals surface area contributed by atoms with Crippen molar-refractivity contribution in [2.24, 2.45) is 0 Å². The Balaban J connectivity index is 1.49. The van der Waals surface area contributed by atoms with Crippen molar-refractivity contribution in [1.82, 2.24) is 0 Å². The number of carbonyl (C=O) groups is 1. The Morgan fingerprint density at radius 1 is 0.615 bits per heavy atom. The summed E-state index contributed by atoms with van der Waals surface area (Å²) in [7, 11) is 0. The zero-order valence-corrected chi connectivity index (χ0v) is 14.3. The van der Waals surface area contributed by atoms with Gasteiger partial charge in [0.05, 0.1) is 0 Å². The summed E-state index contributed by atoms with van der Waals surface area (Å²) in [5, 5.41) is 4.67. The highest BCUT2D eigenvalue weighted by atomic mass is 16.1. The fourth-order valence-corrected chi connectivity index (χ4v) is 3.06. The van der Waals surface area contributed by atoms with E-state index in [1.165, 1.54) is 10.8 Å². The van der Waals surface area contributed by atoms with Crippen molar-refractivity contribution in [3.63, 3.8) is 0 Å². The quantitative estimate of drug-likeness (QED) is 0.238. The van der Waals surface area contributed by atoms with Crippen molar-refractivity contribution in [2.45, 2.75) is 0 Å². The van der Waals surface area contributed by atoms with Gasteiger partial charge in [0, 0.05) is 5.56 Å². The van der Waals surface area contributed by atoms with Crippen LogP contribution in [0.25, 0.3) is 27.6 Å². The molecule has 0 aromatic heterocycles. The predicted octanol–water partition coefficient (Wildman–Crippen LogP) is 6.45. The molecular formula is C25H18O. The van der Waals surface area contributed by atoms with Gasteiger partial charge < -0.3 is 0 Å². The van der Waals surface area contributed by atoms with E-state index in [9.17, 15) is 4.79 Å². The van der Waals surface area contributed by atoms with Gasteiger partial charge in [-0.1, -0.05) is 91.0 Å². The highest BCUT2D eigenvalue weighted by Crippen LogP contribution is 2.17. The molecule has 0 aliphatic heterocycles. The summed E-state index contributed by atoms with van der Waals surface area (Å²) in [5.74, 6) is 0.0129. The van der Waals surface area contributed by atoms with Crippen LogP contribution in [0.15, 0.2) is 103 Å². The second kappa shape index (κ2) is 7.20.